The van der Waals surface area contributed by atoms with Crippen LogP contribution in [0.15, 0.2) is 6.07 Å². The van der Waals surface area contributed by atoms with Crippen LogP contribution < -0.4 is 10.1 Å². The Kier molecular flexibility index (Phi) is 4.27. The van der Waals surface area contributed by atoms with Gasteiger partial charge < -0.3 is 10.1 Å². The molecule has 4 nitrogen and oxygen atoms in total. The number of nitrogens with one attached hydrogen (secondary N) is 1. The van der Waals surface area contributed by atoms with E-state index in [1.165, 1.54) is 19.3 Å². The summed E-state index contributed by atoms with van der Waals surface area (Å²) in [6.45, 7) is 9.41. The first kappa shape index (κ1) is 14.1. The summed E-state index contributed by atoms with van der Waals surface area (Å²) in [6, 6.07) is 2.37. The van der Waals surface area contributed by atoms with Gasteiger partial charge in [-0.25, -0.2) is 4.98 Å². The molecule has 0 amide bonds. The molecule has 0 aliphatic heterocycles. The SMILES string of the molecule is CCCOc1cc(C)nc(NC2CCC(C)(C)C2)n1. The average Bonchev–Trinajstić information content (AvgIpc) is 2.65. The average molecular weight is 263 g/mol. The molecule has 1 fully saturated rings. The van der Waals surface area contributed by atoms with Crippen LogP contribution in [-0.2, 0) is 0 Å². The molecule has 0 spiro atoms. The number of nitrogens with zero attached hydrogens (tertiary/aromatic N) is 2. The van der Waals surface area contributed by atoms with Crippen molar-refractivity contribution < 1.29 is 4.74 Å². The van der Waals surface area contributed by atoms with Crippen molar-refractivity contribution >= 4 is 5.95 Å². The Balaban J connectivity index is 2.02. The number of aryl methyl sites for hydroxylation is 1. The Hall–Kier alpha value is -1.32. The van der Waals surface area contributed by atoms with Crippen LogP contribution in [0.1, 0.15) is 52.1 Å². The number of ether oxygens (including phenoxy) is 1. The molecule has 2 rings (SSSR count). The molecule has 0 radical (unpaired) electrons. The van der Waals surface area contributed by atoms with Gasteiger partial charge in [-0.1, -0.05) is 20.8 Å². The van der Waals surface area contributed by atoms with E-state index in [0.29, 0.717) is 29.9 Å². The maximum atomic E-state index is 5.59. The summed E-state index contributed by atoms with van der Waals surface area (Å²) in [5, 5.41) is 3.45. The van der Waals surface area contributed by atoms with Gasteiger partial charge in [-0.3, -0.25) is 0 Å². The molecule has 106 valence electrons. The van der Waals surface area contributed by atoms with E-state index in [4.69, 9.17) is 4.74 Å². The molecule has 1 aliphatic rings. The van der Waals surface area contributed by atoms with Crippen molar-refractivity contribution in [3.63, 3.8) is 0 Å². The highest BCUT2D eigenvalue weighted by molar-refractivity contribution is 5.32. The number of aromatic nitrogens is 2. The van der Waals surface area contributed by atoms with E-state index in [1.54, 1.807) is 0 Å². The Morgan fingerprint density at radius 2 is 2.21 bits per heavy atom. The molecule has 1 aromatic heterocycles. The number of hydrogen-bond acceptors (Lipinski definition) is 4. The summed E-state index contributed by atoms with van der Waals surface area (Å²) in [7, 11) is 0. The second kappa shape index (κ2) is 5.76. The van der Waals surface area contributed by atoms with Gasteiger partial charge in [0.25, 0.3) is 0 Å². The van der Waals surface area contributed by atoms with Gasteiger partial charge in [0.2, 0.25) is 11.8 Å². The summed E-state index contributed by atoms with van der Waals surface area (Å²) in [5.41, 5.74) is 1.38. The van der Waals surface area contributed by atoms with Gasteiger partial charge in [0.15, 0.2) is 0 Å². The van der Waals surface area contributed by atoms with Gasteiger partial charge in [0, 0.05) is 17.8 Å². The minimum atomic E-state index is 0.434. The molecule has 1 heterocycles. The van der Waals surface area contributed by atoms with Crippen molar-refractivity contribution in [3.8, 4) is 5.88 Å². The van der Waals surface area contributed by atoms with E-state index in [-0.39, 0.29) is 0 Å². The fourth-order valence-corrected chi connectivity index (χ4v) is 2.63. The summed E-state index contributed by atoms with van der Waals surface area (Å²) >= 11 is 0. The van der Waals surface area contributed by atoms with E-state index in [9.17, 15) is 0 Å². The lowest BCUT2D eigenvalue weighted by atomic mass is 9.92. The summed E-state index contributed by atoms with van der Waals surface area (Å²) in [5.74, 6) is 1.38. The highest BCUT2D eigenvalue weighted by Gasteiger charge is 2.31. The van der Waals surface area contributed by atoms with Gasteiger partial charge >= 0.3 is 0 Å². The van der Waals surface area contributed by atoms with Crippen LogP contribution in [0, 0.1) is 12.3 Å². The van der Waals surface area contributed by atoms with Crippen LogP contribution in [0.3, 0.4) is 0 Å². The second-order valence-corrected chi connectivity index (χ2v) is 6.27. The standard InChI is InChI=1S/C15H25N3O/c1-5-8-19-13-9-11(2)16-14(18-13)17-12-6-7-15(3,4)10-12/h9,12H,5-8,10H2,1-4H3,(H,16,17,18). The smallest absolute Gasteiger partial charge is 0.226 e. The maximum Gasteiger partial charge on any atom is 0.226 e. The molecular formula is C15H25N3O. The molecule has 0 saturated heterocycles. The fraction of sp³-hybridized carbons (Fsp3) is 0.733. The molecule has 4 heteroatoms. The van der Waals surface area contributed by atoms with E-state index < -0.39 is 0 Å². The molecular weight excluding hydrogens is 238 g/mol. The zero-order valence-corrected chi connectivity index (χ0v) is 12.5. The van der Waals surface area contributed by atoms with Crippen LogP contribution in [-0.4, -0.2) is 22.6 Å². The fourth-order valence-electron chi connectivity index (χ4n) is 2.63. The van der Waals surface area contributed by atoms with Gasteiger partial charge in [0.05, 0.1) is 6.61 Å². The third kappa shape index (κ3) is 4.08. The monoisotopic (exact) mass is 263 g/mol. The summed E-state index contributed by atoms with van der Waals surface area (Å²) in [4.78, 5) is 8.89. The molecule has 19 heavy (non-hydrogen) atoms. The zero-order valence-electron chi connectivity index (χ0n) is 12.5. The lowest BCUT2D eigenvalue weighted by Gasteiger charge is -2.18. The molecule has 1 atom stereocenters. The zero-order chi connectivity index (χ0) is 13.9. The van der Waals surface area contributed by atoms with Crippen molar-refractivity contribution in [2.45, 2.75) is 59.4 Å². The van der Waals surface area contributed by atoms with E-state index in [1.807, 2.05) is 13.0 Å². The minimum Gasteiger partial charge on any atom is -0.478 e. The third-order valence-electron chi connectivity index (χ3n) is 3.59. The molecule has 0 bridgehead atoms. The Morgan fingerprint density at radius 1 is 1.42 bits per heavy atom. The molecule has 1 saturated carbocycles. The third-order valence-corrected chi connectivity index (χ3v) is 3.59. The predicted octanol–water partition coefficient (Wildman–Crippen LogP) is 3.56. The molecule has 1 N–H and O–H groups in total. The topological polar surface area (TPSA) is 47.0 Å². The Morgan fingerprint density at radius 3 is 2.84 bits per heavy atom. The maximum absolute atomic E-state index is 5.59. The minimum absolute atomic E-state index is 0.434. The van der Waals surface area contributed by atoms with E-state index in [0.717, 1.165) is 12.1 Å². The first-order valence-electron chi connectivity index (χ1n) is 7.23. The van der Waals surface area contributed by atoms with Gasteiger partial charge in [-0.05, 0) is 38.0 Å². The van der Waals surface area contributed by atoms with Crippen molar-refractivity contribution in [1.29, 1.82) is 0 Å². The highest BCUT2D eigenvalue weighted by atomic mass is 16.5. The molecule has 1 unspecified atom stereocenters. The van der Waals surface area contributed by atoms with Crippen molar-refractivity contribution in [1.82, 2.24) is 9.97 Å². The first-order valence-corrected chi connectivity index (χ1v) is 7.23. The van der Waals surface area contributed by atoms with Gasteiger partial charge in [-0.15, -0.1) is 0 Å². The lowest BCUT2D eigenvalue weighted by Crippen LogP contribution is -2.19. The Bertz CT molecular complexity index is 431. The van der Waals surface area contributed by atoms with Gasteiger partial charge in [-0.2, -0.15) is 4.98 Å². The first-order chi connectivity index (χ1) is 8.98. The highest BCUT2D eigenvalue weighted by Crippen LogP contribution is 2.38. The second-order valence-electron chi connectivity index (χ2n) is 6.27. The van der Waals surface area contributed by atoms with Crippen molar-refractivity contribution in [3.05, 3.63) is 11.8 Å². The van der Waals surface area contributed by atoms with Crippen LogP contribution in [0.4, 0.5) is 5.95 Å². The van der Waals surface area contributed by atoms with E-state index in [2.05, 4.69) is 36.1 Å². The van der Waals surface area contributed by atoms with Crippen molar-refractivity contribution in [2.24, 2.45) is 5.41 Å². The quantitative estimate of drug-likeness (QED) is 0.882. The number of hydrogen-bond donors (Lipinski definition) is 1. The van der Waals surface area contributed by atoms with Crippen LogP contribution in [0.2, 0.25) is 0 Å². The Labute approximate surface area is 116 Å². The lowest BCUT2D eigenvalue weighted by molar-refractivity contribution is 0.304. The van der Waals surface area contributed by atoms with Crippen LogP contribution in [0.25, 0.3) is 0 Å². The number of rotatable bonds is 5. The number of anilines is 1. The van der Waals surface area contributed by atoms with Gasteiger partial charge in [0.1, 0.15) is 0 Å². The molecule has 0 aromatic carbocycles. The van der Waals surface area contributed by atoms with Crippen molar-refractivity contribution in [2.75, 3.05) is 11.9 Å². The summed E-state index contributed by atoms with van der Waals surface area (Å²) in [6.07, 6.45) is 4.61. The van der Waals surface area contributed by atoms with E-state index >= 15 is 0 Å². The summed E-state index contributed by atoms with van der Waals surface area (Å²) < 4.78 is 5.59. The molecule has 1 aromatic rings. The normalized spacial score (nSPS) is 21.4. The molecule has 1 aliphatic carbocycles. The predicted molar refractivity (Wildman–Crippen MR) is 77.6 cm³/mol. The van der Waals surface area contributed by atoms with Crippen LogP contribution in [0.5, 0.6) is 5.88 Å². The largest absolute Gasteiger partial charge is 0.478 e. The van der Waals surface area contributed by atoms with Crippen LogP contribution >= 0.6 is 0 Å².